The van der Waals surface area contributed by atoms with Gasteiger partial charge in [0.15, 0.2) is 6.79 Å². The van der Waals surface area contributed by atoms with E-state index >= 15 is 0 Å². The van der Waals surface area contributed by atoms with Crippen molar-refractivity contribution in [2.45, 2.75) is 70.1 Å². The predicted molar refractivity (Wildman–Crippen MR) is 130 cm³/mol. The van der Waals surface area contributed by atoms with Crippen LogP contribution in [0.1, 0.15) is 70.8 Å². The summed E-state index contributed by atoms with van der Waals surface area (Å²) in [5, 5.41) is 10.4. The number of aliphatic hydroxyl groups excluding tert-OH is 1. The Morgan fingerprint density at radius 3 is 2.21 bits per heavy atom. The quantitative estimate of drug-likeness (QED) is 0.625. The van der Waals surface area contributed by atoms with Gasteiger partial charge in [-0.3, -0.25) is 4.31 Å². The maximum absolute atomic E-state index is 13.4. The van der Waals surface area contributed by atoms with Crippen molar-refractivity contribution in [3.8, 4) is 5.75 Å². The van der Waals surface area contributed by atoms with Crippen LogP contribution in [-0.2, 0) is 25.6 Å². The van der Waals surface area contributed by atoms with Crippen molar-refractivity contribution < 1.29 is 23.0 Å². The molecule has 3 rings (SSSR count). The first kappa shape index (κ1) is 25.5. The maximum Gasteiger partial charge on any atom is 0.242 e. The van der Waals surface area contributed by atoms with Crippen LogP contribution in [-0.4, -0.2) is 44.2 Å². The van der Waals surface area contributed by atoms with Gasteiger partial charge < -0.3 is 14.6 Å². The van der Waals surface area contributed by atoms with E-state index in [1.54, 1.807) is 31.5 Å². The molecule has 1 aromatic carbocycles. The van der Waals surface area contributed by atoms with Gasteiger partial charge in [-0.1, -0.05) is 47.6 Å². The molecular weight excluding hydrogens is 440 g/mol. The second-order valence-electron chi connectivity index (χ2n) is 10.6. The topological polar surface area (TPSA) is 89.0 Å². The van der Waals surface area contributed by atoms with Gasteiger partial charge in [0, 0.05) is 31.0 Å². The third kappa shape index (κ3) is 5.18. The molecule has 0 saturated carbocycles. The van der Waals surface area contributed by atoms with Gasteiger partial charge in [0.05, 0.1) is 6.10 Å². The molecule has 2 aromatic rings. The smallest absolute Gasteiger partial charge is 0.242 e. The summed E-state index contributed by atoms with van der Waals surface area (Å²) < 4.78 is 39.2. The summed E-state index contributed by atoms with van der Waals surface area (Å²) in [6, 6.07) is 8.93. The van der Waals surface area contributed by atoms with Gasteiger partial charge in [-0.15, -0.1) is 0 Å². The highest BCUT2D eigenvalue weighted by atomic mass is 32.2. The molecule has 1 fully saturated rings. The van der Waals surface area contributed by atoms with E-state index in [2.05, 4.69) is 46.5 Å². The molecule has 182 valence electrons. The van der Waals surface area contributed by atoms with Gasteiger partial charge >= 0.3 is 0 Å². The Morgan fingerprint density at radius 1 is 1.12 bits per heavy atom. The van der Waals surface area contributed by atoms with Gasteiger partial charge in [0.2, 0.25) is 10.0 Å². The first-order valence-corrected chi connectivity index (χ1v) is 12.7. The summed E-state index contributed by atoms with van der Waals surface area (Å²) in [6.07, 6.45) is 0.707. The van der Waals surface area contributed by atoms with E-state index in [-0.39, 0.29) is 24.2 Å². The van der Waals surface area contributed by atoms with Crippen molar-refractivity contribution in [2.75, 3.05) is 24.8 Å². The Hall–Kier alpha value is -2.16. The predicted octanol–water partition coefficient (Wildman–Crippen LogP) is 4.30. The average molecular weight is 477 g/mol. The number of aliphatic hydroxyl groups is 1. The van der Waals surface area contributed by atoms with Gasteiger partial charge in [-0.05, 0) is 47.1 Å². The van der Waals surface area contributed by atoms with Crippen LogP contribution in [0.4, 0.5) is 5.82 Å². The molecule has 1 aliphatic heterocycles. The molecule has 2 heterocycles. The van der Waals surface area contributed by atoms with Crippen LogP contribution in [0.2, 0.25) is 0 Å². The Kier molecular flexibility index (Phi) is 7.13. The lowest BCUT2D eigenvalue weighted by molar-refractivity contribution is 0.0483. The minimum atomic E-state index is -3.78. The molecule has 0 amide bonds. The SMILES string of the molecule is COCOc1c(C(C)(C)C)cc(C(O)C2CCN(c3ccccn3)S2(=O)=O)cc1C(C)(C)C. The molecule has 2 unspecified atom stereocenters. The minimum Gasteiger partial charge on any atom is -0.467 e. The summed E-state index contributed by atoms with van der Waals surface area (Å²) in [4.78, 5) is 4.19. The van der Waals surface area contributed by atoms with Crippen molar-refractivity contribution in [1.82, 2.24) is 4.98 Å². The largest absolute Gasteiger partial charge is 0.467 e. The van der Waals surface area contributed by atoms with Crippen LogP contribution in [0, 0.1) is 0 Å². The first-order valence-electron chi connectivity index (χ1n) is 11.2. The zero-order valence-electron chi connectivity index (χ0n) is 20.6. The summed E-state index contributed by atoms with van der Waals surface area (Å²) >= 11 is 0. The first-order chi connectivity index (χ1) is 15.3. The van der Waals surface area contributed by atoms with E-state index in [1.165, 1.54) is 4.31 Å². The Balaban J connectivity index is 2.09. The lowest BCUT2D eigenvalue weighted by Crippen LogP contribution is -2.33. The Labute approximate surface area is 197 Å². The number of hydrogen-bond donors (Lipinski definition) is 1. The van der Waals surface area contributed by atoms with E-state index in [4.69, 9.17) is 9.47 Å². The number of anilines is 1. The van der Waals surface area contributed by atoms with E-state index in [0.29, 0.717) is 17.8 Å². The number of aromatic nitrogens is 1. The number of nitrogens with zero attached hydrogens (tertiary/aromatic N) is 2. The maximum atomic E-state index is 13.4. The van der Waals surface area contributed by atoms with Gasteiger partial charge in [-0.2, -0.15) is 0 Å². The van der Waals surface area contributed by atoms with Crippen LogP contribution in [0.5, 0.6) is 5.75 Å². The highest BCUT2D eigenvalue weighted by Gasteiger charge is 2.45. The lowest BCUT2D eigenvalue weighted by Gasteiger charge is -2.32. The second kappa shape index (κ2) is 9.24. The molecule has 1 saturated heterocycles. The third-order valence-electron chi connectivity index (χ3n) is 5.95. The van der Waals surface area contributed by atoms with Crippen molar-refractivity contribution in [3.63, 3.8) is 0 Å². The van der Waals surface area contributed by atoms with Crippen LogP contribution in [0.15, 0.2) is 36.5 Å². The summed E-state index contributed by atoms with van der Waals surface area (Å²) in [6.45, 7) is 12.8. The molecule has 0 aliphatic carbocycles. The zero-order chi connectivity index (χ0) is 24.6. The molecular formula is C25H36N2O5S. The number of benzene rings is 1. The molecule has 8 heteroatoms. The number of pyridine rings is 1. The van der Waals surface area contributed by atoms with Gasteiger partial charge in [0.25, 0.3) is 0 Å². The van der Waals surface area contributed by atoms with Gasteiger partial charge in [0.1, 0.15) is 16.8 Å². The second-order valence-corrected chi connectivity index (χ2v) is 12.6. The fraction of sp³-hybridized carbons (Fsp3) is 0.560. The molecule has 0 bridgehead atoms. The van der Waals surface area contributed by atoms with E-state index in [0.717, 1.165) is 16.9 Å². The van der Waals surface area contributed by atoms with Crippen molar-refractivity contribution in [3.05, 3.63) is 53.2 Å². The van der Waals surface area contributed by atoms with Crippen molar-refractivity contribution >= 4 is 15.8 Å². The lowest BCUT2D eigenvalue weighted by atomic mass is 9.77. The van der Waals surface area contributed by atoms with Crippen molar-refractivity contribution in [1.29, 1.82) is 0 Å². The highest BCUT2D eigenvalue weighted by Crippen LogP contribution is 2.43. The van der Waals surface area contributed by atoms with Crippen LogP contribution < -0.4 is 9.04 Å². The standard InChI is InChI=1S/C25H36N2O5S/c1-24(2,3)18-14-17(15-19(25(4,5)6)23(18)32-16-31-7)22(28)20-11-13-27(33(20,29)30)21-10-8-9-12-26-21/h8-10,12,14-15,20,22,28H,11,13,16H2,1-7H3. The zero-order valence-corrected chi connectivity index (χ0v) is 21.4. The Bertz CT molecular complexity index is 1040. The number of rotatable bonds is 6. The Morgan fingerprint density at radius 2 is 1.73 bits per heavy atom. The molecule has 0 spiro atoms. The fourth-order valence-electron chi connectivity index (χ4n) is 4.18. The molecule has 7 nitrogen and oxygen atoms in total. The summed E-state index contributed by atoms with van der Waals surface area (Å²) in [5.74, 6) is 1.10. The van der Waals surface area contributed by atoms with E-state index in [1.807, 2.05) is 12.1 Å². The highest BCUT2D eigenvalue weighted by molar-refractivity contribution is 7.93. The number of sulfonamides is 1. The minimum absolute atomic E-state index is 0.101. The monoisotopic (exact) mass is 476 g/mol. The third-order valence-corrected chi connectivity index (χ3v) is 8.20. The number of methoxy groups -OCH3 is 1. The summed E-state index contributed by atoms with van der Waals surface area (Å²) in [5.41, 5.74) is 1.78. The fourth-order valence-corrected chi connectivity index (χ4v) is 6.12. The number of ether oxygens (including phenoxy) is 2. The summed E-state index contributed by atoms with van der Waals surface area (Å²) in [7, 11) is -2.21. The van der Waals surface area contributed by atoms with Crippen LogP contribution >= 0.6 is 0 Å². The van der Waals surface area contributed by atoms with Crippen LogP contribution in [0.3, 0.4) is 0 Å². The average Bonchev–Trinajstić information content (AvgIpc) is 3.04. The molecule has 0 radical (unpaired) electrons. The molecule has 1 aliphatic rings. The van der Waals surface area contributed by atoms with Crippen LogP contribution in [0.25, 0.3) is 0 Å². The van der Waals surface area contributed by atoms with Gasteiger partial charge in [-0.25, -0.2) is 13.4 Å². The molecule has 2 atom stereocenters. The normalized spacial score (nSPS) is 19.5. The van der Waals surface area contributed by atoms with Crippen molar-refractivity contribution in [2.24, 2.45) is 0 Å². The molecule has 1 N–H and O–H groups in total. The number of hydrogen-bond acceptors (Lipinski definition) is 6. The van der Waals surface area contributed by atoms with E-state index in [9.17, 15) is 13.5 Å². The molecule has 1 aromatic heterocycles. The van der Waals surface area contributed by atoms with E-state index < -0.39 is 21.4 Å². The molecule has 33 heavy (non-hydrogen) atoms.